The average Bonchev–Trinajstić information content (AvgIpc) is 3.07. The van der Waals surface area contributed by atoms with Crippen LogP contribution in [0.1, 0.15) is 11.6 Å². The highest BCUT2D eigenvalue weighted by molar-refractivity contribution is 9.10. The fraction of sp³-hybridized carbons (Fsp3) is 0.143. The predicted molar refractivity (Wildman–Crippen MR) is 70.5 cm³/mol. The van der Waals surface area contributed by atoms with Crippen molar-refractivity contribution in [1.82, 2.24) is 0 Å². The average molecular weight is 328 g/mol. The smallest absolute Gasteiger partial charge is 0.152 e. The standard InChI is InChI=1S/C14H9BrF3N/c15-9-3-1-2-8(4-9)13-7-19(13)14-11(17)5-10(16)6-12(14)18/h1-6,13H,7H2/t13-,19?/m1/s1. The van der Waals surface area contributed by atoms with Crippen LogP contribution < -0.4 is 4.90 Å². The number of hydrogen-bond acceptors (Lipinski definition) is 1. The Kier molecular flexibility index (Phi) is 3.01. The van der Waals surface area contributed by atoms with Crippen LogP contribution in [0.25, 0.3) is 0 Å². The van der Waals surface area contributed by atoms with Gasteiger partial charge in [0, 0.05) is 23.2 Å². The zero-order chi connectivity index (χ0) is 13.6. The molecular formula is C14H9BrF3N. The van der Waals surface area contributed by atoms with Gasteiger partial charge in [0.25, 0.3) is 0 Å². The van der Waals surface area contributed by atoms with Crippen molar-refractivity contribution in [2.45, 2.75) is 6.04 Å². The van der Waals surface area contributed by atoms with Gasteiger partial charge in [-0.05, 0) is 17.7 Å². The molecule has 0 amide bonds. The van der Waals surface area contributed by atoms with Gasteiger partial charge in [-0.15, -0.1) is 0 Å². The van der Waals surface area contributed by atoms with E-state index >= 15 is 0 Å². The summed E-state index contributed by atoms with van der Waals surface area (Å²) in [4.78, 5) is 1.58. The zero-order valence-electron chi connectivity index (χ0n) is 9.71. The minimum atomic E-state index is -0.903. The highest BCUT2D eigenvalue weighted by Crippen LogP contribution is 2.42. The molecule has 0 N–H and O–H groups in total. The Morgan fingerprint density at radius 2 is 1.74 bits per heavy atom. The molecule has 98 valence electrons. The van der Waals surface area contributed by atoms with Crippen molar-refractivity contribution in [3.8, 4) is 0 Å². The molecular weight excluding hydrogens is 319 g/mol. The van der Waals surface area contributed by atoms with Gasteiger partial charge in [0.2, 0.25) is 0 Å². The first-order valence-electron chi connectivity index (χ1n) is 5.73. The van der Waals surface area contributed by atoms with Crippen molar-refractivity contribution in [2.75, 3.05) is 11.4 Å². The number of anilines is 1. The summed E-state index contributed by atoms with van der Waals surface area (Å²) < 4.78 is 41.1. The molecule has 1 heterocycles. The molecule has 1 aliphatic heterocycles. The topological polar surface area (TPSA) is 3.01 Å². The molecule has 2 aromatic carbocycles. The minimum Gasteiger partial charge on any atom is -0.356 e. The summed E-state index contributed by atoms with van der Waals surface area (Å²) in [5.74, 6) is -2.63. The lowest BCUT2D eigenvalue weighted by molar-refractivity contribution is 0.545. The Morgan fingerprint density at radius 3 is 2.37 bits per heavy atom. The maximum absolute atomic E-state index is 13.6. The van der Waals surface area contributed by atoms with Crippen LogP contribution in [0.15, 0.2) is 40.9 Å². The van der Waals surface area contributed by atoms with Crippen LogP contribution in [-0.2, 0) is 0 Å². The van der Waals surface area contributed by atoms with Gasteiger partial charge in [0.15, 0.2) is 11.6 Å². The fourth-order valence-electron chi connectivity index (χ4n) is 2.19. The van der Waals surface area contributed by atoms with Gasteiger partial charge >= 0.3 is 0 Å². The summed E-state index contributed by atoms with van der Waals surface area (Å²) in [5.41, 5.74) is 0.809. The summed E-state index contributed by atoms with van der Waals surface area (Å²) in [5, 5.41) is 0. The molecule has 0 bridgehead atoms. The summed E-state index contributed by atoms with van der Waals surface area (Å²) in [6.07, 6.45) is 0. The molecule has 1 atom stereocenters. The molecule has 19 heavy (non-hydrogen) atoms. The van der Waals surface area contributed by atoms with Crippen LogP contribution in [0.2, 0.25) is 0 Å². The van der Waals surface area contributed by atoms with Gasteiger partial charge in [-0.3, -0.25) is 0 Å². The molecule has 1 aliphatic rings. The van der Waals surface area contributed by atoms with Crippen LogP contribution in [0.4, 0.5) is 18.9 Å². The first-order chi connectivity index (χ1) is 9.06. The van der Waals surface area contributed by atoms with E-state index in [1.165, 1.54) is 0 Å². The summed E-state index contributed by atoms with van der Waals surface area (Å²) in [6, 6.07) is 8.90. The van der Waals surface area contributed by atoms with Crippen molar-refractivity contribution in [1.29, 1.82) is 0 Å². The van der Waals surface area contributed by atoms with Crippen LogP contribution in [0.3, 0.4) is 0 Å². The number of halogens is 4. The SMILES string of the molecule is Fc1cc(F)c(N2C[C@@H]2c2cccc(Br)c2)c(F)c1. The number of rotatable bonds is 2. The highest BCUT2D eigenvalue weighted by Gasteiger charge is 2.39. The second kappa shape index (κ2) is 4.56. The minimum absolute atomic E-state index is 0.0630. The lowest BCUT2D eigenvalue weighted by Gasteiger charge is -2.09. The lowest BCUT2D eigenvalue weighted by atomic mass is 10.1. The monoisotopic (exact) mass is 327 g/mol. The van der Waals surface area contributed by atoms with Crippen LogP contribution in [0, 0.1) is 17.5 Å². The van der Waals surface area contributed by atoms with Crippen LogP contribution in [-0.4, -0.2) is 6.54 Å². The van der Waals surface area contributed by atoms with Crippen molar-refractivity contribution in [3.63, 3.8) is 0 Å². The number of benzene rings is 2. The van der Waals surface area contributed by atoms with Crippen molar-refractivity contribution in [3.05, 3.63) is 63.9 Å². The third-order valence-electron chi connectivity index (χ3n) is 3.11. The van der Waals surface area contributed by atoms with E-state index in [-0.39, 0.29) is 11.7 Å². The number of hydrogen-bond donors (Lipinski definition) is 0. The van der Waals surface area contributed by atoms with E-state index in [2.05, 4.69) is 15.9 Å². The van der Waals surface area contributed by atoms with E-state index in [1.54, 1.807) is 4.90 Å². The van der Waals surface area contributed by atoms with Gasteiger partial charge in [-0.25, -0.2) is 13.2 Å². The second-order valence-electron chi connectivity index (χ2n) is 4.44. The van der Waals surface area contributed by atoms with Crippen molar-refractivity contribution >= 4 is 21.6 Å². The number of nitrogens with zero attached hydrogens (tertiary/aromatic N) is 1. The van der Waals surface area contributed by atoms with E-state index in [1.807, 2.05) is 24.3 Å². The molecule has 0 saturated carbocycles. The van der Waals surface area contributed by atoms with Gasteiger partial charge in [0.1, 0.15) is 11.5 Å². The van der Waals surface area contributed by atoms with Crippen LogP contribution >= 0.6 is 15.9 Å². The van der Waals surface area contributed by atoms with E-state index in [4.69, 9.17) is 0 Å². The van der Waals surface area contributed by atoms with E-state index in [9.17, 15) is 13.2 Å². The highest BCUT2D eigenvalue weighted by atomic mass is 79.9. The quantitative estimate of drug-likeness (QED) is 0.737. The molecule has 0 aromatic heterocycles. The maximum Gasteiger partial charge on any atom is 0.152 e. The first kappa shape index (κ1) is 12.5. The van der Waals surface area contributed by atoms with E-state index in [0.717, 1.165) is 10.0 Å². The van der Waals surface area contributed by atoms with E-state index in [0.29, 0.717) is 18.7 Å². The van der Waals surface area contributed by atoms with E-state index < -0.39 is 17.5 Å². The molecule has 1 nitrogen and oxygen atoms in total. The maximum atomic E-state index is 13.6. The first-order valence-corrected chi connectivity index (χ1v) is 6.52. The molecule has 0 spiro atoms. The summed E-state index contributed by atoms with van der Waals surface area (Å²) in [6.45, 7) is 0.524. The van der Waals surface area contributed by atoms with Gasteiger partial charge < -0.3 is 4.90 Å². The molecule has 1 saturated heterocycles. The molecule has 0 radical (unpaired) electrons. The lowest BCUT2D eigenvalue weighted by Crippen LogP contribution is -2.02. The Labute approximate surface area is 116 Å². The molecule has 3 rings (SSSR count). The van der Waals surface area contributed by atoms with Gasteiger partial charge in [-0.2, -0.15) is 0 Å². The Morgan fingerprint density at radius 1 is 1.05 bits per heavy atom. The molecule has 2 aromatic rings. The van der Waals surface area contributed by atoms with Gasteiger partial charge in [-0.1, -0.05) is 28.1 Å². The molecule has 5 heteroatoms. The predicted octanol–water partition coefficient (Wildman–Crippen LogP) is 4.43. The Bertz CT molecular complexity index is 621. The third kappa shape index (κ3) is 2.34. The molecule has 0 unspecified atom stereocenters. The van der Waals surface area contributed by atoms with Crippen molar-refractivity contribution in [2.24, 2.45) is 0 Å². The Balaban J connectivity index is 1.91. The van der Waals surface area contributed by atoms with Crippen molar-refractivity contribution < 1.29 is 13.2 Å². The normalized spacial score (nSPS) is 17.7. The van der Waals surface area contributed by atoms with Crippen LogP contribution in [0.5, 0.6) is 0 Å². The Hall–Kier alpha value is -1.49. The van der Waals surface area contributed by atoms with Gasteiger partial charge in [0.05, 0.1) is 6.04 Å². The largest absolute Gasteiger partial charge is 0.356 e. The second-order valence-corrected chi connectivity index (χ2v) is 5.36. The fourth-order valence-corrected chi connectivity index (χ4v) is 2.61. The molecule has 1 fully saturated rings. The molecule has 0 aliphatic carbocycles. The third-order valence-corrected chi connectivity index (χ3v) is 3.61. The summed E-state index contributed by atoms with van der Waals surface area (Å²) >= 11 is 3.36. The zero-order valence-corrected chi connectivity index (χ0v) is 11.3. The summed E-state index contributed by atoms with van der Waals surface area (Å²) in [7, 11) is 0.